The van der Waals surface area contributed by atoms with Crippen molar-refractivity contribution in [1.29, 1.82) is 5.26 Å². The zero-order valence-electron chi connectivity index (χ0n) is 6.96. The highest BCUT2D eigenvalue weighted by atomic mass is 19.1. The van der Waals surface area contributed by atoms with Crippen molar-refractivity contribution in [3.05, 3.63) is 29.6 Å². The number of hydrogen-bond donors (Lipinski definition) is 0. The first-order chi connectivity index (χ1) is 6.33. The largest absolute Gasteiger partial charge is 0.490 e. The molecule has 1 aliphatic rings. The molecule has 1 aromatic carbocycles. The van der Waals surface area contributed by atoms with Gasteiger partial charge in [0.05, 0.1) is 18.6 Å². The van der Waals surface area contributed by atoms with Gasteiger partial charge in [-0.2, -0.15) is 5.26 Å². The normalized spacial score (nSPS) is 19.8. The molecular weight excluding hydrogens is 169 g/mol. The number of rotatable bonds is 0. The second-order valence-electron chi connectivity index (χ2n) is 2.98. The molecule has 0 aromatic heterocycles. The van der Waals surface area contributed by atoms with Crippen LogP contribution >= 0.6 is 0 Å². The minimum atomic E-state index is -0.377. The number of para-hydroxylation sites is 1. The molecule has 66 valence electrons. The van der Waals surface area contributed by atoms with Crippen LogP contribution in [0.5, 0.6) is 5.75 Å². The minimum Gasteiger partial charge on any atom is -0.490 e. The van der Waals surface area contributed by atoms with Gasteiger partial charge in [-0.1, -0.05) is 12.1 Å². The standard InChI is InChI=1S/C10H8FNO/c11-9-3-1-2-8-7(6-12)4-5-13-10(8)9/h1-3,7H,4-5H2. The summed E-state index contributed by atoms with van der Waals surface area (Å²) >= 11 is 0. The molecule has 0 saturated heterocycles. The maximum absolute atomic E-state index is 13.1. The van der Waals surface area contributed by atoms with Gasteiger partial charge in [-0.05, 0) is 6.07 Å². The molecule has 3 heteroatoms. The molecule has 0 fully saturated rings. The van der Waals surface area contributed by atoms with Gasteiger partial charge < -0.3 is 4.74 Å². The molecule has 13 heavy (non-hydrogen) atoms. The summed E-state index contributed by atoms with van der Waals surface area (Å²) in [5.74, 6) is -0.350. The van der Waals surface area contributed by atoms with Gasteiger partial charge in [-0.25, -0.2) is 4.39 Å². The highest BCUT2D eigenvalue weighted by Gasteiger charge is 2.23. The van der Waals surface area contributed by atoms with Crippen LogP contribution in [0.1, 0.15) is 17.9 Å². The van der Waals surface area contributed by atoms with Gasteiger partial charge in [0.1, 0.15) is 0 Å². The Kier molecular flexibility index (Phi) is 1.90. The molecule has 0 amide bonds. The Bertz CT molecular complexity index is 370. The Morgan fingerprint density at radius 3 is 3.15 bits per heavy atom. The van der Waals surface area contributed by atoms with Crippen LogP contribution in [0.2, 0.25) is 0 Å². The van der Waals surface area contributed by atoms with E-state index in [0.717, 1.165) is 0 Å². The lowest BCUT2D eigenvalue weighted by Gasteiger charge is -2.21. The van der Waals surface area contributed by atoms with E-state index >= 15 is 0 Å². The van der Waals surface area contributed by atoms with Crippen molar-refractivity contribution >= 4 is 0 Å². The first-order valence-corrected chi connectivity index (χ1v) is 4.14. The van der Waals surface area contributed by atoms with E-state index in [1.165, 1.54) is 6.07 Å². The van der Waals surface area contributed by atoms with Crippen molar-refractivity contribution in [1.82, 2.24) is 0 Å². The first kappa shape index (κ1) is 8.06. The number of ether oxygens (including phenoxy) is 1. The highest BCUT2D eigenvalue weighted by Crippen LogP contribution is 2.34. The summed E-state index contributed by atoms with van der Waals surface area (Å²) in [6.07, 6.45) is 0.646. The van der Waals surface area contributed by atoms with Crippen LogP contribution in [-0.2, 0) is 0 Å². The zero-order chi connectivity index (χ0) is 9.26. The molecule has 1 heterocycles. The highest BCUT2D eigenvalue weighted by molar-refractivity contribution is 5.41. The molecule has 1 aromatic rings. The third-order valence-electron chi connectivity index (χ3n) is 2.18. The number of nitrogens with zero attached hydrogens (tertiary/aromatic N) is 1. The Labute approximate surface area is 75.6 Å². The van der Waals surface area contributed by atoms with Crippen molar-refractivity contribution in [3.63, 3.8) is 0 Å². The quantitative estimate of drug-likeness (QED) is 0.608. The van der Waals surface area contributed by atoms with Gasteiger partial charge in [0.2, 0.25) is 0 Å². The monoisotopic (exact) mass is 177 g/mol. The molecule has 0 aliphatic carbocycles. The van der Waals surface area contributed by atoms with Crippen LogP contribution in [-0.4, -0.2) is 6.61 Å². The van der Waals surface area contributed by atoms with Crippen LogP contribution in [0.25, 0.3) is 0 Å². The summed E-state index contributed by atoms with van der Waals surface area (Å²) < 4.78 is 18.3. The fourth-order valence-electron chi connectivity index (χ4n) is 1.52. The first-order valence-electron chi connectivity index (χ1n) is 4.14. The van der Waals surface area contributed by atoms with Crippen molar-refractivity contribution in [2.45, 2.75) is 12.3 Å². The van der Waals surface area contributed by atoms with Gasteiger partial charge in [0.15, 0.2) is 11.6 Å². The van der Waals surface area contributed by atoms with Crippen molar-refractivity contribution < 1.29 is 9.13 Å². The van der Waals surface area contributed by atoms with Gasteiger partial charge >= 0.3 is 0 Å². The van der Waals surface area contributed by atoms with E-state index in [1.54, 1.807) is 12.1 Å². The molecule has 1 atom stereocenters. The Hall–Kier alpha value is -1.56. The van der Waals surface area contributed by atoms with E-state index in [1.807, 2.05) is 0 Å². The Morgan fingerprint density at radius 1 is 1.54 bits per heavy atom. The van der Waals surface area contributed by atoms with E-state index in [0.29, 0.717) is 18.6 Å². The fourth-order valence-corrected chi connectivity index (χ4v) is 1.52. The second kappa shape index (κ2) is 3.06. The van der Waals surface area contributed by atoms with Crippen molar-refractivity contribution in [2.75, 3.05) is 6.61 Å². The van der Waals surface area contributed by atoms with E-state index in [4.69, 9.17) is 10.00 Å². The summed E-state index contributed by atoms with van der Waals surface area (Å²) in [5, 5.41) is 8.80. The lowest BCUT2D eigenvalue weighted by molar-refractivity contribution is 0.266. The van der Waals surface area contributed by atoms with E-state index in [2.05, 4.69) is 6.07 Å². The maximum Gasteiger partial charge on any atom is 0.165 e. The second-order valence-corrected chi connectivity index (χ2v) is 2.98. The molecular formula is C10H8FNO. The summed E-state index contributed by atoms with van der Waals surface area (Å²) in [4.78, 5) is 0. The van der Waals surface area contributed by atoms with Crippen LogP contribution in [0.3, 0.4) is 0 Å². The summed E-state index contributed by atoms with van der Waals surface area (Å²) in [6, 6.07) is 6.83. The summed E-state index contributed by atoms with van der Waals surface area (Å²) in [5.41, 5.74) is 0.675. The van der Waals surface area contributed by atoms with Crippen LogP contribution in [0, 0.1) is 17.1 Å². The third-order valence-corrected chi connectivity index (χ3v) is 2.18. The molecule has 2 rings (SSSR count). The molecule has 0 radical (unpaired) electrons. The lowest BCUT2D eigenvalue weighted by Crippen LogP contribution is -2.14. The topological polar surface area (TPSA) is 33.0 Å². The van der Waals surface area contributed by atoms with E-state index in [9.17, 15) is 4.39 Å². The van der Waals surface area contributed by atoms with Gasteiger partial charge in [-0.3, -0.25) is 0 Å². The van der Waals surface area contributed by atoms with Gasteiger partial charge in [-0.15, -0.1) is 0 Å². The van der Waals surface area contributed by atoms with Crippen LogP contribution < -0.4 is 4.74 Å². The number of nitriles is 1. The molecule has 1 unspecified atom stereocenters. The number of fused-ring (bicyclic) bond motifs is 1. The lowest BCUT2D eigenvalue weighted by atomic mass is 9.94. The molecule has 1 aliphatic heterocycles. The number of benzene rings is 1. The summed E-state index contributed by atoms with van der Waals surface area (Å²) in [6.45, 7) is 0.423. The predicted octanol–water partition coefficient (Wildman–Crippen LogP) is 2.22. The molecule has 0 N–H and O–H groups in total. The molecule has 0 spiro atoms. The van der Waals surface area contributed by atoms with Crippen molar-refractivity contribution in [3.8, 4) is 11.8 Å². The molecule has 2 nitrogen and oxygen atoms in total. The van der Waals surface area contributed by atoms with Crippen LogP contribution in [0.4, 0.5) is 4.39 Å². The van der Waals surface area contributed by atoms with Crippen molar-refractivity contribution in [2.24, 2.45) is 0 Å². The Morgan fingerprint density at radius 2 is 2.38 bits per heavy atom. The predicted molar refractivity (Wildman–Crippen MR) is 44.9 cm³/mol. The third kappa shape index (κ3) is 1.25. The fraction of sp³-hybridized carbons (Fsp3) is 0.300. The molecule has 0 bridgehead atoms. The SMILES string of the molecule is N#CC1CCOc2c(F)cccc21. The van der Waals surface area contributed by atoms with Gasteiger partial charge in [0.25, 0.3) is 0 Å². The molecule has 0 saturated carbocycles. The number of halogens is 1. The Balaban J connectivity index is 2.53. The van der Waals surface area contributed by atoms with Gasteiger partial charge in [0, 0.05) is 12.0 Å². The maximum atomic E-state index is 13.1. The average molecular weight is 177 g/mol. The van der Waals surface area contributed by atoms with Crippen LogP contribution in [0.15, 0.2) is 18.2 Å². The minimum absolute atomic E-state index is 0.223. The zero-order valence-corrected chi connectivity index (χ0v) is 6.96. The van der Waals surface area contributed by atoms with E-state index in [-0.39, 0.29) is 17.5 Å². The number of hydrogen-bond acceptors (Lipinski definition) is 2. The average Bonchev–Trinajstić information content (AvgIpc) is 2.18. The smallest absolute Gasteiger partial charge is 0.165 e. The van der Waals surface area contributed by atoms with E-state index < -0.39 is 0 Å². The summed E-state index contributed by atoms with van der Waals surface area (Å²) in [7, 11) is 0.